The van der Waals surface area contributed by atoms with Crippen molar-refractivity contribution in [3.8, 4) is 0 Å². The van der Waals surface area contributed by atoms with Crippen LogP contribution in [0, 0.1) is 0 Å². The number of carbonyl (C=O) groups is 1. The van der Waals surface area contributed by atoms with Gasteiger partial charge < -0.3 is 4.74 Å². The molecule has 0 spiro atoms. The van der Waals surface area contributed by atoms with E-state index in [1.807, 2.05) is 18.2 Å². The molecule has 2 heteroatoms. The number of benzene rings is 1. The average molecular weight is 234 g/mol. The highest BCUT2D eigenvalue weighted by atomic mass is 16.5. The van der Waals surface area contributed by atoms with Crippen molar-refractivity contribution in [3.05, 3.63) is 35.9 Å². The summed E-state index contributed by atoms with van der Waals surface area (Å²) in [6.45, 7) is 4.68. The maximum atomic E-state index is 12.4. The molecule has 1 rings (SSSR count). The maximum absolute atomic E-state index is 12.4. The molecular weight excluding hydrogens is 212 g/mol. The van der Waals surface area contributed by atoms with Gasteiger partial charge in [-0.1, -0.05) is 44.2 Å². The van der Waals surface area contributed by atoms with E-state index in [0.29, 0.717) is 13.0 Å². The fourth-order valence-corrected chi connectivity index (χ4v) is 2.40. The Morgan fingerprint density at radius 3 is 2.24 bits per heavy atom. The standard InChI is InChI=1S/C15H22O2/c1-4-15(5-2,14(16)11-12-17-3)13-9-7-6-8-10-13/h6-10H,4-5,11-12H2,1-3H3. The molecule has 2 nitrogen and oxygen atoms in total. The molecule has 0 N–H and O–H groups in total. The smallest absolute Gasteiger partial charge is 0.145 e. The SMILES string of the molecule is CCC(CC)(C(=O)CCOC)c1ccccc1. The first kappa shape index (κ1) is 13.9. The average Bonchev–Trinajstić information content (AvgIpc) is 2.39. The van der Waals surface area contributed by atoms with Crippen molar-refractivity contribution in [1.29, 1.82) is 0 Å². The van der Waals surface area contributed by atoms with Crippen LogP contribution < -0.4 is 0 Å². The largest absolute Gasteiger partial charge is 0.384 e. The molecule has 0 aliphatic rings. The van der Waals surface area contributed by atoms with Crippen molar-refractivity contribution in [2.24, 2.45) is 0 Å². The second-order valence-corrected chi connectivity index (χ2v) is 4.32. The summed E-state index contributed by atoms with van der Waals surface area (Å²) in [7, 11) is 1.63. The molecule has 0 atom stereocenters. The van der Waals surface area contributed by atoms with Crippen LogP contribution in [-0.2, 0) is 14.9 Å². The number of methoxy groups -OCH3 is 1. The van der Waals surface area contributed by atoms with E-state index in [0.717, 1.165) is 18.4 Å². The molecule has 0 heterocycles. The molecule has 0 amide bonds. The van der Waals surface area contributed by atoms with Crippen LogP contribution in [0.3, 0.4) is 0 Å². The quantitative estimate of drug-likeness (QED) is 0.723. The van der Waals surface area contributed by atoms with Gasteiger partial charge in [-0.2, -0.15) is 0 Å². The minimum absolute atomic E-state index is 0.288. The van der Waals surface area contributed by atoms with Gasteiger partial charge >= 0.3 is 0 Å². The number of ketones is 1. The second-order valence-electron chi connectivity index (χ2n) is 4.32. The third-order valence-electron chi connectivity index (χ3n) is 3.60. The summed E-state index contributed by atoms with van der Waals surface area (Å²) in [5, 5.41) is 0. The molecular formula is C15H22O2. The first-order valence-corrected chi connectivity index (χ1v) is 6.29. The summed E-state index contributed by atoms with van der Waals surface area (Å²) < 4.78 is 5.01. The van der Waals surface area contributed by atoms with E-state index < -0.39 is 0 Å². The lowest BCUT2D eigenvalue weighted by Gasteiger charge is -2.30. The zero-order chi connectivity index (χ0) is 12.7. The zero-order valence-electron chi connectivity index (χ0n) is 11.0. The van der Waals surface area contributed by atoms with Gasteiger partial charge in [0.15, 0.2) is 0 Å². The topological polar surface area (TPSA) is 26.3 Å². The summed E-state index contributed by atoms with van der Waals surface area (Å²) in [6, 6.07) is 10.1. The number of Topliss-reactive ketones (excluding diaryl/α,β-unsaturated/α-hetero) is 1. The van der Waals surface area contributed by atoms with Gasteiger partial charge in [0.05, 0.1) is 12.0 Å². The summed E-state index contributed by atoms with van der Waals surface area (Å²) in [4.78, 5) is 12.4. The van der Waals surface area contributed by atoms with E-state index in [2.05, 4.69) is 26.0 Å². The van der Waals surface area contributed by atoms with Crippen molar-refractivity contribution in [1.82, 2.24) is 0 Å². The van der Waals surface area contributed by atoms with Crippen LogP contribution in [0.25, 0.3) is 0 Å². The molecule has 1 aromatic carbocycles. The molecule has 17 heavy (non-hydrogen) atoms. The number of hydrogen-bond acceptors (Lipinski definition) is 2. The first-order chi connectivity index (χ1) is 8.21. The molecule has 0 aromatic heterocycles. The van der Waals surface area contributed by atoms with Crippen LogP contribution in [0.4, 0.5) is 0 Å². The fourth-order valence-electron chi connectivity index (χ4n) is 2.40. The Balaban J connectivity index is 3.01. The number of hydrogen-bond donors (Lipinski definition) is 0. The van der Waals surface area contributed by atoms with Crippen molar-refractivity contribution >= 4 is 5.78 Å². The number of rotatable bonds is 7. The van der Waals surface area contributed by atoms with Crippen LogP contribution in [0.1, 0.15) is 38.7 Å². The van der Waals surface area contributed by atoms with Crippen molar-refractivity contribution in [2.75, 3.05) is 13.7 Å². The van der Waals surface area contributed by atoms with E-state index in [9.17, 15) is 4.79 Å². The molecule has 1 aromatic rings. The molecule has 94 valence electrons. The van der Waals surface area contributed by atoms with E-state index in [-0.39, 0.29) is 11.2 Å². The number of ether oxygens (including phenoxy) is 1. The Morgan fingerprint density at radius 1 is 1.18 bits per heavy atom. The Kier molecular flexibility index (Phi) is 5.36. The summed E-state index contributed by atoms with van der Waals surface area (Å²) >= 11 is 0. The molecule has 0 aliphatic heterocycles. The molecule has 0 fully saturated rings. The van der Waals surface area contributed by atoms with Gasteiger partial charge in [0.2, 0.25) is 0 Å². The summed E-state index contributed by atoms with van der Waals surface area (Å²) in [6.07, 6.45) is 2.18. The van der Waals surface area contributed by atoms with Gasteiger partial charge in [0, 0.05) is 13.5 Å². The molecule has 0 aliphatic carbocycles. The van der Waals surface area contributed by atoms with E-state index in [1.165, 1.54) is 0 Å². The molecule has 0 unspecified atom stereocenters. The molecule has 0 saturated heterocycles. The van der Waals surface area contributed by atoms with Gasteiger partial charge in [-0.05, 0) is 18.4 Å². The van der Waals surface area contributed by atoms with Crippen LogP contribution in [0.5, 0.6) is 0 Å². The highest BCUT2D eigenvalue weighted by molar-refractivity contribution is 5.90. The predicted molar refractivity (Wildman–Crippen MR) is 70.2 cm³/mol. The van der Waals surface area contributed by atoms with Crippen molar-refractivity contribution in [3.63, 3.8) is 0 Å². The molecule has 0 radical (unpaired) electrons. The van der Waals surface area contributed by atoms with E-state index in [4.69, 9.17) is 4.74 Å². The minimum Gasteiger partial charge on any atom is -0.384 e. The van der Waals surface area contributed by atoms with Crippen LogP contribution in [0.15, 0.2) is 30.3 Å². The number of carbonyl (C=O) groups excluding carboxylic acids is 1. The zero-order valence-corrected chi connectivity index (χ0v) is 11.0. The highest BCUT2D eigenvalue weighted by Gasteiger charge is 2.35. The minimum atomic E-state index is -0.334. The molecule has 0 bridgehead atoms. The van der Waals surface area contributed by atoms with Crippen LogP contribution in [0.2, 0.25) is 0 Å². The Morgan fingerprint density at radius 2 is 1.76 bits per heavy atom. The Bertz CT molecular complexity index is 339. The molecule has 0 saturated carbocycles. The van der Waals surface area contributed by atoms with Gasteiger partial charge in [-0.15, -0.1) is 0 Å². The lowest BCUT2D eigenvalue weighted by Crippen LogP contribution is -2.35. The lowest BCUT2D eigenvalue weighted by atomic mass is 9.71. The van der Waals surface area contributed by atoms with Crippen molar-refractivity contribution < 1.29 is 9.53 Å². The van der Waals surface area contributed by atoms with Crippen LogP contribution >= 0.6 is 0 Å². The lowest BCUT2D eigenvalue weighted by molar-refractivity contribution is -0.125. The third-order valence-corrected chi connectivity index (χ3v) is 3.60. The predicted octanol–water partition coefficient (Wildman–Crippen LogP) is 3.35. The fraction of sp³-hybridized carbons (Fsp3) is 0.533. The van der Waals surface area contributed by atoms with Gasteiger partial charge in [-0.25, -0.2) is 0 Å². The highest BCUT2D eigenvalue weighted by Crippen LogP contribution is 2.33. The van der Waals surface area contributed by atoms with Gasteiger partial charge in [0.25, 0.3) is 0 Å². The van der Waals surface area contributed by atoms with E-state index >= 15 is 0 Å². The summed E-state index contributed by atoms with van der Waals surface area (Å²) in [5.74, 6) is 0.288. The van der Waals surface area contributed by atoms with Gasteiger partial charge in [0.1, 0.15) is 5.78 Å². The van der Waals surface area contributed by atoms with Gasteiger partial charge in [-0.3, -0.25) is 4.79 Å². The van der Waals surface area contributed by atoms with Crippen LogP contribution in [-0.4, -0.2) is 19.5 Å². The normalized spacial score (nSPS) is 11.5. The second kappa shape index (κ2) is 6.55. The monoisotopic (exact) mass is 234 g/mol. The maximum Gasteiger partial charge on any atom is 0.145 e. The Labute approximate surface area is 104 Å². The van der Waals surface area contributed by atoms with Crippen molar-refractivity contribution in [2.45, 2.75) is 38.5 Å². The third kappa shape index (κ3) is 2.95. The van der Waals surface area contributed by atoms with E-state index in [1.54, 1.807) is 7.11 Å². The first-order valence-electron chi connectivity index (χ1n) is 6.29. The summed E-state index contributed by atoms with van der Waals surface area (Å²) in [5.41, 5.74) is 0.797. The Hall–Kier alpha value is -1.15.